The van der Waals surface area contributed by atoms with E-state index in [1.165, 1.54) is 11.8 Å². The molecule has 0 radical (unpaired) electrons. The van der Waals surface area contributed by atoms with Gasteiger partial charge in [-0.3, -0.25) is 4.79 Å². The Kier molecular flexibility index (Phi) is 5.64. The zero-order valence-corrected chi connectivity index (χ0v) is 14.5. The molecule has 3 aromatic rings. The molecule has 5 nitrogen and oxygen atoms in total. The molecular weight excluding hydrogens is 334 g/mol. The molecule has 0 aliphatic rings. The molecule has 6 heteroatoms. The number of hydrazone groups is 1. The topological polar surface area (TPSA) is 63.6 Å². The molecule has 0 saturated carbocycles. The van der Waals surface area contributed by atoms with Gasteiger partial charge in [-0.15, -0.1) is 0 Å². The number of amides is 1. The van der Waals surface area contributed by atoms with E-state index in [9.17, 15) is 4.79 Å². The van der Waals surface area contributed by atoms with Crippen LogP contribution in [0.25, 0.3) is 10.9 Å². The Bertz CT molecular complexity index is 912. The van der Waals surface area contributed by atoms with Crippen molar-refractivity contribution in [1.82, 2.24) is 10.4 Å². The summed E-state index contributed by atoms with van der Waals surface area (Å²) in [5, 5.41) is 5.86. The Labute approximate surface area is 150 Å². The predicted octanol–water partition coefficient (Wildman–Crippen LogP) is 3.49. The fourth-order valence-corrected chi connectivity index (χ4v) is 2.87. The Morgan fingerprint density at radius 1 is 1.20 bits per heavy atom. The van der Waals surface area contributed by atoms with Crippen molar-refractivity contribution >= 4 is 34.8 Å². The summed E-state index contributed by atoms with van der Waals surface area (Å²) in [5.41, 5.74) is 4.29. The number of thioether (sulfide) groups is 1. The van der Waals surface area contributed by atoms with Gasteiger partial charge in [0.05, 0.1) is 29.6 Å². The highest BCUT2D eigenvalue weighted by molar-refractivity contribution is 7.99. The van der Waals surface area contributed by atoms with Gasteiger partial charge < -0.3 is 4.74 Å². The number of pyridine rings is 1. The number of nitrogens with zero attached hydrogens (tertiary/aromatic N) is 2. The average Bonchev–Trinajstić information content (AvgIpc) is 2.66. The normalized spacial score (nSPS) is 10.9. The maximum Gasteiger partial charge on any atom is 0.250 e. The van der Waals surface area contributed by atoms with Crippen molar-refractivity contribution in [2.75, 3.05) is 12.9 Å². The second-order valence-corrected chi connectivity index (χ2v) is 6.20. The van der Waals surface area contributed by atoms with Crippen LogP contribution in [0, 0.1) is 0 Å². The largest absolute Gasteiger partial charge is 0.497 e. The summed E-state index contributed by atoms with van der Waals surface area (Å²) in [6, 6.07) is 19.2. The van der Waals surface area contributed by atoms with Gasteiger partial charge in [0.2, 0.25) is 5.91 Å². The smallest absolute Gasteiger partial charge is 0.250 e. The van der Waals surface area contributed by atoms with Crippen LogP contribution in [0.4, 0.5) is 0 Å². The average molecular weight is 351 g/mol. The van der Waals surface area contributed by atoms with E-state index in [2.05, 4.69) is 15.5 Å². The molecule has 0 aliphatic heterocycles. The molecule has 0 aliphatic carbocycles. The fraction of sp³-hybridized carbons (Fsp3) is 0.105. The number of carbonyl (C=O) groups is 1. The first-order valence-corrected chi connectivity index (χ1v) is 8.68. The number of carbonyl (C=O) groups excluding carboxylic acids is 1. The first kappa shape index (κ1) is 17.0. The van der Waals surface area contributed by atoms with Crippen molar-refractivity contribution in [3.63, 3.8) is 0 Å². The van der Waals surface area contributed by atoms with Crippen LogP contribution >= 0.6 is 11.8 Å². The van der Waals surface area contributed by atoms with E-state index < -0.39 is 0 Å². The molecule has 2 aromatic carbocycles. The molecule has 0 atom stereocenters. The van der Waals surface area contributed by atoms with E-state index in [4.69, 9.17) is 4.74 Å². The third-order valence-electron chi connectivity index (χ3n) is 3.42. The number of rotatable bonds is 6. The lowest BCUT2D eigenvalue weighted by Gasteiger charge is -2.03. The molecule has 1 aromatic heterocycles. The van der Waals surface area contributed by atoms with Crippen LogP contribution in [0.5, 0.6) is 5.75 Å². The standard InChI is InChI=1S/C19H17N3O2S/c1-24-16-7-4-5-14(11-16)12-20-22-18(23)13-25-19-10-9-15-6-2-3-8-17(15)21-19/h2-12H,13H2,1H3,(H,22,23)/b20-12-. The molecule has 25 heavy (non-hydrogen) atoms. The highest BCUT2D eigenvalue weighted by Crippen LogP contribution is 2.19. The number of hydrogen-bond donors (Lipinski definition) is 1. The Morgan fingerprint density at radius 3 is 2.96 bits per heavy atom. The Hall–Kier alpha value is -2.86. The van der Waals surface area contributed by atoms with E-state index in [1.807, 2.05) is 60.7 Å². The van der Waals surface area contributed by atoms with Gasteiger partial charge in [-0.25, -0.2) is 10.4 Å². The SMILES string of the molecule is COc1cccc(/C=N\NC(=O)CSc2ccc3ccccc3n2)c1. The summed E-state index contributed by atoms with van der Waals surface area (Å²) < 4.78 is 5.14. The number of para-hydroxylation sites is 1. The second kappa shape index (κ2) is 8.30. The molecular formula is C19H17N3O2S. The van der Waals surface area contributed by atoms with Crippen LogP contribution < -0.4 is 10.2 Å². The van der Waals surface area contributed by atoms with E-state index in [1.54, 1.807) is 13.3 Å². The summed E-state index contributed by atoms with van der Waals surface area (Å²) in [7, 11) is 1.61. The number of methoxy groups -OCH3 is 1. The molecule has 3 rings (SSSR count). The number of hydrogen-bond acceptors (Lipinski definition) is 5. The summed E-state index contributed by atoms with van der Waals surface area (Å²) in [6.45, 7) is 0. The summed E-state index contributed by atoms with van der Waals surface area (Å²) in [6.07, 6.45) is 1.58. The number of fused-ring (bicyclic) bond motifs is 1. The van der Waals surface area contributed by atoms with Gasteiger partial charge >= 0.3 is 0 Å². The van der Waals surface area contributed by atoms with Gasteiger partial charge in [0.1, 0.15) is 5.75 Å². The third-order valence-corrected chi connectivity index (χ3v) is 4.35. The molecule has 0 saturated heterocycles. The van der Waals surface area contributed by atoms with Gasteiger partial charge in [-0.1, -0.05) is 48.2 Å². The maximum atomic E-state index is 11.9. The monoisotopic (exact) mass is 351 g/mol. The van der Waals surface area contributed by atoms with Crippen molar-refractivity contribution in [3.8, 4) is 5.75 Å². The van der Waals surface area contributed by atoms with E-state index >= 15 is 0 Å². The van der Waals surface area contributed by atoms with Crippen LogP contribution in [-0.2, 0) is 4.79 Å². The first-order valence-electron chi connectivity index (χ1n) is 7.69. The molecule has 0 fully saturated rings. The third kappa shape index (κ3) is 4.81. The fourth-order valence-electron chi connectivity index (χ4n) is 2.20. The molecule has 1 N–H and O–H groups in total. The van der Waals surface area contributed by atoms with Gasteiger partial charge in [0, 0.05) is 5.39 Å². The lowest BCUT2D eigenvalue weighted by Crippen LogP contribution is -2.19. The van der Waals surface area contributed by atoms with Crippen molar-refractivity contribution in [2.24, 2.45) is 5.10 Å². The maximum absolute atomic E-state index is 11.9. The molecule has 0 unspecified atom stereocenters. The van der Waals surface area contributed by atoms with Crippen molar-refractivity contribution in [1.29, 1.82) is 0 Å². The van der Waals surface area contributed by atoms with Crippen molar-refractivity contribution in [3.05, 3.63) is 66.2 Å². The number of ether oxygens (including phenoxy) is 1. The molecule has 126 valence electrons. The summed E-state index contributed by atoms with van der Waals surface area (Å²) >= 11 is 1.38. The quantitative estimate of drug-likeness (QED) is 0.419. The summed E-state index contributed by atoms with van der Waals surface area (Å²) in [4.78, 5) is 16.4. The molecule has 0 spiro atoms. The Morgan fingerprint density at radius 2 is 2.08 bits per heavy atom. The zero-order valence-electron chi connectivity index (χ0n) is 13.7. The zero-order chi connectivity index (χ0) is 17.5. The lowest BCUT2D eigenvalue weighted by molar-refractivity contribution is -0.118. The van der Waals surface area contributed by atoms with Gasteiger partial charge in [-0.2, -0.15) is 5.10 Å². The van der Waals surface area contributed by atoms with E-state index in [-0.39, 0.29) is 11.7 Å². The van der Waals surface area contributed by atoms with E-state index in [0.717, 1.165) is 27.2 Å². The minimum absolute atomic E-state index is 0.181. The lowest BCUT2D eigenvalue weighted by atomic mass is 10.2. The number of nitrogens with one attached hydrogen (secondary N) is 1. The molecule has 0 bridgehead atoms. The van der Waals surface area contributed by atoms with Crippen molar-refractivity contribution in [2.45, 2.75) is 5.03 Å². The highest BCUT2D eigenvalue weighted by atomic mass is 32.2. The second-order valence-electron chi connectivity index (χ2n) is 5.20. The van der Waals surface area contributed by atoms with Crippen molar-refractivity contribution < 1.29 is 9.53 Å². The van der Waals surface area contributed by atoms with Crippen LogP contribution in [-0.4, -0.2) is 30.0 Å². The van der Waals surface area contributed by atoms with Gasteiger partial charge in [0.25, 0.3) is 0 Å². The number of benzene rings is 2. The van der Waals surface area contributed by atoms with Gasteiger partial charge in [-0.05, 0) is 29.8 Å². The van der Waals surface area contributed by atoms with Gasteiger partial charge in [0.15, 0.2) is 0 Å². The molecule has 1 amide bonds. The van der Waals surface area contributed by atoms with Crippen LogP contribution in [0.15, 0.2) is 70.8 Å². The molecule has 1 heterocycles. The highest BCUT2D eigenvalue weighted by Gasteiger charge is 2.04. The van der Waals surface area contributed by atoms with E-state index in [0.29, 0.717) is 0 Å². The predicted molar refractivity (Wildman–Crippen MR) is 101 cm³/mol. The van der Waals surface area contributed by atoms with Crippen LogP contribution in [0.2, 0.25) is 0 Å². The number of aromatic nitrogens is 1. The first-order chi connectivity index (χ1) is 12.2. The Balaban J connectivity index is 1.52. The summed E-state index contributed by atoms with van der Waals surface area (Å²) in [5.74, 6) is 0.813. The van der Waals surface area contributed by atoms with Crippen LogP contribution in [0.1, 0.15) is 5.56 Å². The van der Waals surface area contributed by atoms with Crippen LogP contribution in [0.3, 0.4) is 0 Å². The minimum Gasteiger partial charge on any atom is -0.497 e. The minimum atomic E-state index is -0.181.